The third-order valence-electron chi connectivity index (χ3n) is 1.96. The average molecular weight is 197 g/mol. The van der Waals surface area contributed by atoms with Crippen LogP contribution in [0.1, 0.15) is 11.8 Å². The number of hydrogen-bond donors (Lipinski definition) is 1. The summed E-state index contributed by atoms with van der Waals surface area (Å²) in [6.07, 6.45) is 3.61. The second kappa shape index (κ2) is 3.70. The molecule has 70 valence electrons. The third kappa shape index (κ3) is 2.15. The molecule has 1 N–H and O–H groups in total. The number of aromatic nitrogens is 1. The van der Waals surface area contributed by atoms with Crippen molar-refractivity contribution in [3.05, 3.63) is 29.2 Å². The van der Waals surface area contributed by atoms with Crippen molar-refractivity contribution < 1.29 is 9.90 Å². The average Bonchev–Trinajstić information content (AvgIpc) is 2.56. The number of carbonyl (C=O) groups is 1. The van der Waals surface area contributed by atoms with E-state index in [1.807, 2.05) is 0 Å². The molecule has 0 amide bonds. The number of thiazole rings is 1. The van der Waals surface area contributed by atoms with Crippen molar-refractivity contribution in [3.8, 4) is 0 Å². The Morgan fingerprint density at radius 2 is 2.62 bits per heavy atom. The van der Waals surface area contributed by atoms with Crippen LogP contribution < -0.4 is 0 Å². The molecule has 0 radical (unpaired) electrons. The van der Waals surface area contributed by atoms with E-state index in [1.165, 1.54) is 17.4 Å². The molecule has 1 atom stereocenters. The Balaban J connectivity index is 2.81. The molecule has 1 aromatic rings. The summed E-state index contributed by atoms with van der Waals surface area (Å²) < 4.78 is 0. The smallest absolute Gasteiger partial charge is 0.313 e. The van der Waals surface area contributed by atoms with Gasteiger partial charge in [0.15, 0.2) is 0 Å². The van der Waals surface area contributed by atoms with Gasteiger partial charge in [0.05, 0.1) is 10.9 Å². The molecular formula is C9H11NO2S. The van der Waals surface area contributed by atoms with Gasteiger partial charge in [0.25, 0.3) is 0 Å². The van der Waals surface area contributed by atoms with Crippen molar-refractivity contribution in [1.29, 1.82) is 0 Å². The second-order valence-electron chi connectivity index (χ2n) is 3.07. The number of nitrogens with zero attached hydrogens (tertiary/aromatic N) is 1. The van der Waals surface area contributed by atoms with E-state index in [9.17, 15) is 4.79 Å². The van der Waals surface area contributed by atoms with Crippen LogP contribution in [0.2, 0.25) is 0 Å². The van der Waals surface area contributed by atoms with Crippen molar-refractivity contribution in [3.63, 3.8) is 0 Å². The van der Waals surface area contributed by atoms with Gasteiger partial charge in [-0.1, -0.05) is 6.08 Å². The molecule has 0 spiro atoms. The lowest BCUT2D eigenvalue weighted by Crippen LogP contribution is -2.27. The maximum Gasteiger partial charge on any atom is 0.313 e. The molecule has 0 aromatic carbocycles. The van der Waals surface area contributed by atoms with E-state index in [0.717, 1.165) is 4.88 Å². The van der Waals surface area contributed by atoms with Gasteiger partial charge >= 0.3 is 5.97 Å². The zero-order valence-corrected chi connectivity index (χ0v) is 8.17. The molecule has 0 saturated heterocycles. The fourth-order valence-corrected chi connectivity index (χ4v) is 1.69. The number of aliphatic carboxylic acids is 1. The first-order valence-corrected chi connectivity index (χ1v) is 4.71. The van der Waals surface area contributed by atoms with Crippen LogP contribution in [0.15, 0.2) is 24.4 Å². The normalized spacial score (nSPS) is 14.8. The van der Waals surface area contributed by atoms with Gasteiger partial charge in [-0.15, -0.1) is 17.9 Å². The largest absolute Gasteiger partial charge is 0.481 e. The summed E-state index contributed by atoms with van der Waals surface area (Å²) in [7, 11) is 0. The first-order valence-electron chi connectivity index (χ1n) is 3.83. The van der Waals surface area contributed by atoms with Gasteiger partial charge in [0.2, 0.25) is 0 Å². The Morgan fingerprint density at radius 1 is 1.92 bits per heavy atom. The summed E-state index contributed by atoms with van der Waals surface area (Å²) in [6.45, 7) is 5.19. The van der Waals surface area contributed by atoms with Gasteiger partial charge in [-0.3, -0.25) is 9.78 Å². The Hall–Kier alpha value is -1.16. The van der Waals surface area contributed by atoms with Crippen molar-refractivity contribution in [2.45, 2.75) is 13.3 Å². The Morgan fingerprint density at radius 3 is 3.00 bits per heavy atom. The molecule has 3 nitrogen and oxygen atoms in total. The highest BCUT2D eigenvalue weighted by molar-refractivity contribution is 7.09. The second-order valence-corrected chi connectivity index (χ2v) is 4.04. The van der Waals surface area contributed by atoms with E-state index < -0.39 is 11.4 Å². The zero-order valence-electron chi connectivity index (χ0n) is 7.36. The lowest BCUT2D eigenvalue weighted by atomic mass is 9.87. The summed E-state index contributed by atoms with van der Waals surface area (Å²) in [5.41, 5.74) is 0.813. The molecule has 0 aliphatic heterocycles. The molecule has 1 aromatic heterocycles. The first kappa shape index (κ1) is 9.92. The van der Waals surface area contributed by atoms with Crippen LogP contribution in [0.4, 0.5) is 0 Å². The molecule has 13 heavy (non-hydrogen) atoms. The zero-order chi connectivity index (χ0) is 9.90. The maximum absolute atomic E-state index is 10.9. The van der Waals surface area contributed by atoms with E-state index in [0.29, 0.717) is 6.42 Å². The van der Waals surface area contributed by atoms with Crippen LogP contribution >= 0.6 is 11.3 Å². The monoisotopic (exact) mass is 197 g/mol. The fourth-order valence-electron chi connectivity index (χ4n) is 0.926. The summed E-state index contributed by atoms with van der Waals surface area (Å²) >= 11 is 1.46. The number of carboxylic acids is 1. The maximum atomic E-state index is 10.9. The summed E-state index contributed by atoms with van der Waals surface area (Å²) in [4.78, 5) is 15.7. The summed E-state index contributed by atoms with van der Waals surface area (Å²) in [5.74, 6) is -0.851. The highest BCUT2D eigenvalue weighted by atomic mass is 32.1. The predicted octanol–water partition coefficient (Wildman–Crippen LogP) is 1.96. The van der Waals surface area contributed by atoms with Gasteiger partial charge in [0, 0.05) is 17.5 Å². The molecule has 0 saturated carbocycles. The lowest BCUT2D eigenvalue weighted by Gasteiger charge is -2.18. The highest BCUT2D eigenvalue weighted by Crippen LogP contribution is 2.25. The van der Waals surface area contributed by atoms with Crippen LogP contribution in [0.5, 0.6) is 0 Å². The van der Waals surface area contributed by atoms with Crippen molar-refractivity contribution in [1.82, 2.24) is 4.98 Å². The molecule has 1 unspecified atom stereocenters. The minimum absolute atomic E-state index is 0.455. The number of carboxylic acid groups (broad SMARTS) is 1. The van der Waals surface area contributed by atoms with Crippen LogP contribution in [0.3, 0.4) is 0 Å². The van der Waals surface area contributed by atoms with E-state index in [2.05, 4.69) is 11.6 Å². The molecule has 1 heterocycles. The number of hydrogen-bond acceptors (Lipinski definition) is 3. The standard InChI is InChI=1S/C9H11NO2S/c1-3-9(2,8(11)12)4-7-5-10-6-13-7/h3,5-6H,1,4H2,2H3,(H,11,12). The highest BCUT2D eigenvalue weighted by Gasteiger charge is 2.30. The van der Waals surface area contributed by atoms with E-state index >= 15 is 0 Å². The van der Waals surface area contributed by atoms with Gasteiger partial charge in [-0.2, -0.15) is 0 Å². The molecule has 4 heteroatoms. The molecule has 0 aliphatic carbocycles. The quantitative estimate of drug-likeness (QED) is 0.751. The third-order valence-corrected chi connectivity index (χ3v) is 2.74. The molecule has 1 rings (SSSR count). The Bertz CT molecular complexity index is 307. The molecule has 0 aliphatic rings. The minimum atomic E-state index is -0.882. The Labute approximate surface area is 80.7 Å². The topological polar surface area (TPSA) is 50.2 Å². The van der Waals surface area contributed by atoms with Crippen LogP contribution in [-0.4, -0.2) is 16.1 Å². The van der Waals surface area contributed by atoms with E-state index in [1.54, 1.807) is 18.6 Å². The van der Waals surface area contributed by atoms with Gasteiger partial charge in [-0.25, -0.2) is 0 Å². The molecule has 0 fully saturated rings. The Kier molecular flexibility index (Phi) is 2.83. The van der Waals surface area contributed by atoms with Gasteiger partial charge < -0.3 is 5.11 Å². The number of rotatable bonds is 4. The SMILES string of the molecule is C=CC(C)(Cc1cncs1)C(=O)O. The molecule has 0 bridgehead atoms. The van der Waals surface area contributed by atoms with Crippen molar-refractivity contribution >= 4 is 17.3 Å². The fraction of sp³-hybridized carbons (Fsp3) is 0.333. The van der Waals surface area contributed by atoms with E-state index in [-0.39, 0.29) is 0 Å². The predicted molar refractivity (Wildman–Crippen MR) is 51.8 cm³/mol. The first-order chi connectivity index (χ1) is 6.08. The molecular weight excluding hydrogens is 186 g/mol. The van der Waals surface area contributed by atoms with Crippen molar-refractivity contribution in [2.75, 3.05) is 0 Å². The lowest BCUT2D eigenvalue weighted by molar-refractivity contribution is -0.145. The van der Waals surface area contributed by atoms with Gasteiger partial charge in [-0.05, 0) is 6.92 Å². The van der Waals surface area contributed by atoms with Crippen LogP contribution in [0.25, 0.3) is 0 Å². The van der Waals surface area contributed by atoms with Gasteiger partial charge in [0.1, 0.15) is 0 Å². The minimum Gasteiger partial charge on any atom is -0.481 e. The van der Waals surface area contributed by atoms with Crippen molar-refractivity contribution in [2.24, 2.45) is 5.41 Å². The summed E-state index contributed by atoms with van der Waals surface area (Å²) in [6, 6.07) is 0. The van der Waals surface area contributed by atoms with Crippen LogP contribution in [-0.2, 0) is 11.2 Å². The van der Waals surface area contributed by atoms with Crippen LogP contribution in [0, 0.1) is 5.41 Å². The van der Waals surface area contributed by atoms with E-state index in [4.69, 9.17) is 5.11 Å². The summed E-state index contributed by atoms with van der Waals surface area (Å²) in [5, 5.41) is 8.94.